The lowest BCUT2D eigenvalue weighted by Gasteiger charge is -2.31. The first kappa shape index (κ1) is 16.6. The molecular weight excluding hydrogens is 278 g/mol. The largest absolute Gasteiger partial charge is 0.497 e. The smallest absolute Gasteiger partial charge is 0.319 e. The molecule has 0 spiro atoms. The molecule has 1 heterocycles. The highest BCUT2D eigenvalue weighted by atomic mass is 16.5. The van der Waals surface area contributed by atoms with Crippen molar-refractivity contribution in [2.45, 2.75) is 32.7 Å². The van der Waals surface area contributed by atoms with Crippen LogP contribution in [0.1, 0.15) is 26.7 Å². The van der Waals surface area contributed by atoms with Crippen molar-refractivity contribution in [2.24, 2.45) is 5.92 Å². The lowest BCUT2D eigenvalue weighted by Crippen LogP contribution is -2.46. The van der Waals surface area contributed by atoms with Crippen molar-refractivity contribution in [1.29, 1.82) is 0 Å². The third kappa shape index (κ3) is 4.63. The fraction of sp³-hybridized carbons (Fsp3) is 0.588. The van der Waals surface area contributed by atoms with E-state index in [4.69, 9.17) is 4.74 Å². The van der Waals surface area contributed by atoms with Crippen molar-refractivity contribution in [1.82, 2.24) is 10.2 Å². The molecule has 1 aliphatic rings. The van der Waals surface area contributed by atoms with Gasteiger partial charge in [-0.1, -0.05) is 19.9 Å². The van der Waals surface area contributed by atoms with Crippen LogP contribution in [0.3, 0.4) is 0 Å². The maximum absolute atomic E-state index is 12.1. The second kappa shape index (κ2) is 8.03. The van der Waals surface area contributed by atoms with Crippen molar-refractivity contribution in [3.05, 3.63) is 24.3 Å². The van der Waals surface area contributed by atoms with Crippen molar-refractivity contribution in [3.63, 3.8) is 0 Å². The van der Waals surface area contributed by atoms with Crippen molar-refractivity contribution < 1.29 is 9.53 Å². The van der Waals surface area contributed by atoms with Crippen LogP contribution >= 0.6 is 0 Å². The van der Waals surface area contributed by atoms with E-state index >= 15 is 0 Å². The van der Waals surface area contributed by atoms with Crippen LogP contribution in [0.15, 0.2) is 24.3 Å². The number of hydrogen-bond acceptors (Lipinski definition) is 3. The standard InChI is InChI=1S/C17H27N3O2/c1-13(2)16(20-9-4-5-10-20)12-18-17(21)19-14-7-6-8-15(11-14)22-3/h6-8,11,13,16H,4-5,9-10,12H2,1-3H3,(H2,18,19,21)/t16-/m0/s1. The highest BCUT2D eigenvalue weighted by Crippen LogP contribution is 2.18. The number of rotatable bonds is 6. The molecule has 1 aliphatic heterocycles. The molecule has 5 heteroatoms. The summed E-state index contributed by atoms with van der Waals surface area (Å²) in [5.41, 5.74) is 0.735. The Morgan fingerprint density at radius 2 is 2.05 bits per heavy atom. The molecule has 5 nitrogen and oxygen atoms in total. The number of carbonyl (C=O) groups excluding carboxylic acids is 1. The van der Waals surface area contributed by atoms with Crippen LogP contribution in [0, 0.1) is 5.92 Å². The van der Waals surface area contributed by atoms with Crippen LogP contribution in [-0.4, -0.2) is 43.7 Å². The number of likely N-dealkylation sites (tertiary alicyclic amines) is 1. The Morgan fingerprint density at radius 3 is 2.68 bits per heavy atom. The van der Waals surface area contributed by atoms with Gasteiger partial charge in [0.1, 0.15) is 5.75 Å². The summed E-state index contributed by atoms with van der Waals surface area (Å²) >= 11 is 0. The summed E-state index contributed by atoms with van der Waals surface area (Å²) in [6, 6.07) is 7.60. The quantitative estimate of drug-likeness (QED) is 0.849. The van der Waals surface area contributed by atoms with Crippen LogP contribution < -0.4 is 15.4 Å². The summed E-state index contributed by atoms with van der Waals surface area (Å²) in [6.07, 6.45) is 2.53. The Bertz CT molecular complexity index is 485. The Labute approximate surface area is 133 Å². The molecule has 1 fully saturated rings. The van der Waals surface area contributed by atoms with Crippen LogP contribution in [0.25, 0.3) is 0 Å². The van der Waals surface area contributed by atoms with Gasteiger partial charge >= 0.3 is 6.03 Å². The zero-order valence-corrected chi connectivity index (χ0v) is 13.8. The number of carbonyl (C=O) groups is 1. The first-order chi connectivity index (χ1) is 10.6. The molecule has 1 atom stereocenters. The number of amides is 2. The van der Waals surface area contributed by atoms with Gasteiger partial charge in [-0.3, -0.25) is 4.90 Å². The molecule has 0 saturated carbocycles. The molecule has 0 aliphatic carbocycles. The molecule has 22 heavy (non-hydrogen) atoms. The van der Waals surface area contributed by atoms with Gasteiger partial charge in [-0.25, -0.2) is 4.79 Å². The molecule has 0 unspecified atom stereocenters. The summed E-state index contributed by atoms with van der Waals surface area (Å²) in [5.74, 6) is 1.25. The zero-order valence-electron chi connectivity index (χ0n) is 13.8. The number of urea groups is 1. The number of ether oxygens (including phenoxy) is 1. The van der Waals surface area contributed by atoms with E-state index in [1.807, 2.05) is 18.2 Å². The first-order valence-electron chi connectivity index (χ1n) is 8.03. The van der Waals surface area contributed by atoms with E-state index in [1.165, 1.54) is 12.8 Å². The Hall–Kier alpha value is -1.75. The fourth-order valence-electron chi connectivity index (χ4n) is 2.93. The topological polar surface area (TPSA) is 53.6 Å². The van der Waals surface area contributed by atoms with Crippen LogP contribution in [0.4, 0.5) is 10.5 Å². The van der Waals surface area contributed by atoms with Crippen LogP contribution in [0.5, 0.6) is 5.75 Å². The third-order valence-electron chi connectivity index (χ3n) is 4.18. The summed E-state index contributed by atoms with van der Waals surface area (Å²) in [5, 5.41) is 5.85. The predicted molar refractivity (Wildman–Crippen MR) is 89.4 cm³/mol. The second-order valence-electron chi connectivity index (χ2n) is 6.12. The molecule has 2 N–H and O–H groups in total. The lowest BCUT2D eigenvalue weighted by molar-refractivity contribution is 0.186. The van der Waals surface area contributed by atoms with Gasteiger partial charge in [0.25, 0.3) is 0 Å². The van der Waals surface area contributed by atoms with E-state index in [1.54, 1.807) is 13.2 Å². The van der Waals surface area contributed by atoms with E-state index in [9.17, 15) is 4.79 Å². The minimum Gasteiger partial charge on any atom is -0.497 e. The molecule has 1 aromatic rings. The van der Waals surface area contributed by atoms with Crippen LogP contribution in [-0.2, 0) is 0 Å². The van der Waals surface area contributed by atoms with E-state index in [-0.39, 0.29) is 6.03 Å². The molecular formula is C17H27N3O2. The van der Waals surface area contributed by atoms with Gasteiger partial charge < -0.3 is 15.4 Å². The molecule has 1 saturated heterocycles. The molecule has 0 bridgehead atoms. The second-order valence-corrected chi connectivity index (χ2v) is 6.12. The lowest BCUT2D eigenvalue weighted by atomic mass is 10.0. The molecule has 2 rings (SSSR count). The minimum absolute atomic E-state index is 0.168. The minimum atomic E-state index is -0.168. The van der Waals surface area contributed by atoms with Gasteiger partial charge in [-0.15, -0.1) is 0 Å². The van der Waals surface area contributed by atoms with Gasteiger partial charge in [0.15, 0.2) is 0 Å². The zero-order chi connectivity index (χ0) is 15.9. The number of nitrogens with one attached hydrogen (secondary N) is 2. The van der Waals surface area contributed by atoms with Gasteiger partial charge in [0.05, 0.1) is 7.11 Å². The van der Waals surface area contributed by atoms with Gasteiger partial charge in [-0.2, -0.15) is 0 Å². The van der Waals surface area contributed by atoms with Crippen LogP contribution in [0.2, 0.25) is 0 Å². The summed E-state index contributed by atoms with van der Waals surface area (Å²) in [7, 11) is 1.61. The summed E-state index contributed by atoms with van der Waals surface area (Å²) < 4.78 is 5.16. The third-order valence-corrected chi connectivity index (χ3v) is 4.18. The van der Waals surface area contributed by atoms with Crippen molar-refractivity contribution in [2.75, 3.05) is 32.1 Å². The van der Waals surface area contributed by atoms with Gasteiger partial charge in [-0.05, 0) is 44.0 Å². The average molecular weight is 305 g/mol. The average Bonchev–Trinajstić information content (AvgIpc) is 3.01. The fourth-order valence-corrected chi connectivity index (χ4v) is 2.93. The highest BCUT2D eigenvalue weighted by molar-refractivity contribution is 5.89. The molecule has 2 amide bonds. The van der Waals surface area contributed by atoms with E-state index in [2.05, 4.69) is 29.4 Å². The van der Waals surface area contributed by atoms with Crippen molar-refractivity contribution >= 4 is 11.7 Å². The van der Waals surface area contributed by atoms with Gasteiger partial charge in [0, 0.05) is 24.3 Å². The maximum Gasteiger partial charge on any atom is 0.319 e. The summed E-state index contributed by atoms with van der Waals surface area (Å²) in [4.78, 5) is 14.6. The van der Waals surface area contributed by atoms with E-state index in [0.29, 0.717) is 18.5 Å². The normalized spacial score (nSPS) is 16.5. The number of benzene rings is 1. The SMILES string of the molecule is COc1cccc(NC(=O)NC[C@@H](C(C)C)N2CCCC2)c1. The number of anilines is 1. The summed E-state index contributed by atoms with van der Waals surface area (Å²) in [6.45, 7) is 7.38. The predicted octanol–water partition coefficient (Wildman–Crippen LogP) is 2.94. The molecule has 122 valence electrons. The highest BCUT2D eigenvalue weighted by Gasteiger charge is 2.24. The number of methoxy groups -OCH3 is 1. The molecule has 0 aromatic heterocycles. The molecule has 1 aromatic carbocycles. The number of nitrogens with zero attached hydrogens (tertiary/aromatic N) is 1. The molecule has 0 radical (unpaired) electrons. The Balaban J connectivity index is 1.85. The Morgan fingerprint density at radius 1 is 1.32 bits per heavy atom. The maximum atomic E-state index is 12.1. The van der Waals surface area contributed by atoms with E-state index < -0.39 is 0 Å². The monoisotopic (exact) mass is 305 g/mol. The van der Waals surface area contributed by atoms with E-state index in [0.717, 1.165) is 24.5 Å². The first-order valence-corrected chi connectivity index (χ1v) is 8.03. The Kier molecular flexibility index (Phi) is 6.07. The van der Waals surface area contributed by atoms with Gasteiger partial charge in [0.2, 0.25) is 0 Å². The van der Waals surface area contributed by atoms with Crippen molar-refractivity contribution in [3.8, 4) is 5.75 Å². The number of hydrogen-bond donors (Lipinski definition) is 2.